The lowest BCUT2D eigenvalue weighted by Crippen LogP contribution is -2.30. The molecule has 0 aromatic heterocycles. The molecule has 1 aromatic carbocycles. The number of phenolic OH excluding ortho intramolecular Hbond substituents is 1. The fourth-order valence-corrected chi connectivity index (χ4v) is 1.40. The Hall–Kier alpha value is -0.730. The zero-order valence-electron chi connectivity index (χ0n) is 9.42. The van der Waals surface area contributed by atoms with E-state index in [1.165, 1.54) is 0 Å². The van der Waals surface area contributed by atoms with Crippen LogP contribution >= 0.6 is 11.6 Å². The van der Waals surface area contributed by atoms with E-state index in [9.17, 15) is 5.11 Å². The molecule has 0 spiro atoms. The Kier molecular flexibility index (Phi) is 4.43. The molecule has 0 bridgehead atoms. The van der Waals surface area contributed by atoms with Gasteiger partial charge in [-0.25, -0.2) is 0 Å². The molecule has 0 amide bonds. The zero-order valence-corrected chi connectivity index (χ0v) is 10.2. The third kappa shape index (κ3) is 3.73. The van der Waals surface area contributed by atoms with Crippen LogP contribution in [0.15, 0.2) is 18.2 Å². The Morgan fingerprint density at radius 1 is 1.33 bits per heavy atom. The fraction of sp³-hybridized carbons (Fsp3) is 0.500. The molecule has 2 N–H and O–H groups in total. The van der Waals surface area contributed by atoms with Crippen LogP contribution in [0.5, 0.6) is 5.75 Å². The van der Waals surface area contributed by atoms with Gasteiger partial charge in [-0.05, 0) is 31.0 Å². The lowest BCUT2D eigenvalue weighted by atomic mass is 10.1. The summed E-state index contributed by atoms with van der Waals surface area (Å²) in [6.45, 7) is 7.10. The second kappa shape index (κ2) is 5.38. The molecule has 0 aliphatic rings. The van der Waals surface area contributed by atoms with Crippen LogP contribution in [0.2, 0.25) is 5.02 Å². The van der Waals surface area contributed by atoms with E-state index in [4.69, 9.17) is 11.6 Å². The molecule has 1 rings (SSSR count). The van der Waals surface area contributed by atoms with Crippen LogP contribution in [-0.2, 0) is 6.54 Å². The van der Waals surface area contributed by atoms with Crippen molar-refractivity contribution in [3.05, 3.63) is 28.8 Å². The Bertz CT molecular complexity index is 325. The summed E-state index contributed by atoms with van der Waals surface area (Å²) in [4.78, 5) is 0. The first-order valence-electron chi connectivity index (χ1n) is 5.21. The summed E-state index contributed by atoms with van der Waals surface area (Å²) in [5.74, 6) is 0.870. The highest BCUT2D eigenvalue weighted by atomic mass is 35.5. The Labute approximate surface area is 96.3 Å². The highest BCUT2D eigenvalue weighted by molar-refractivity contribution is 6.30. The van der Waals surface area contributed by atoms with Crippen molar-refractivity contribution in [1.82, 2.24) is 5.32 Å². The summed E-state index contributed by atoms with van der Waals surface area (Å²) in [5.41, 5.74) is 0.843. The maximum absolute atomic E-state index is 9.59. The molecule has 0 saturated heterocycles. The lowest BCUT2D eigenvalue weighted by Gasteiger charge is -2.17. The van der Waals surface area contributed by atoms with Gasteiger partial charge in [-0.3, -0.25) is 0 Å². The van der Waals surface area contributed by atoms with Gasteiger partial charge in [0.2, 0.25) is 0 Å². The molecule has 0 fully saturated rings. The summed E-state index contributed by atoms with van der Waals surface area (Å²) < 4.78 is 0. The first kappa shape index (κ1) is 12.3. The molecule has 0 radical (unpaired) electrons. The van der Waals surface area contributed by atoms with Crippen LogP contribution in [0.1, 0.15) is 26.3 Å². The van der Waals surface area contributed by atoms with Crippen molar-refractivity contribution in [2.24, 2.45) is 5.92 Å². The molecule has 0 aliphatic heterocycles. The van der Waals surface area contributed by atoms with Crippen molar-refractivity contribution in [2.45, 2.75) is 33.4 Å². The van der Waals surface area contributed by atoms with Gasteiger partial charge in [0, 0.05) is 23.2 Å². The largest absolute Gasteiger partial charge is 0.508 e. The highest BCUT2D eigenvalue weighted by Crippen LogP contribution is 2.21. The number of nitrogens with one attached hydrogen (secondary N) is 1. The first-order valence-corrected chi connectivity index (χ1v) is 5.59. The van der Waals surface area contributed by atoms with E-state index < -0.39 is 0 Å². The van der Waals surface area contributed by atoms with Crippen LogP contribution in [0, 0.1) is 5.92 Å². The minimum Gasteiger partial charge on any atom is -0.508 e. The van der Waals surface area contributed by atoms with E-state index in [1.54, 1.807) is 18.2 Å². The van der Waals surface area contributed by atoms with Gasteiger partial charge >= 0.3 is 0 Å². The molecule has 1 aromatic rings. The summed E-state index contributed by atoms with van der Waals surface area (Å²) in [5, 5.41) is 13.6. The summed E-state index contributed by atoms with van der Waals surface area (Å²) >= 11 is 5.86. The van der Waals surface area contributed by atoms with Crippen LogP contribution in [0.3, 0.4) is 0 Å². The van der Waals surface area contributed by atoms with Gasteiger partial charge in [0.25, 0.3) is 0 Å². The molecular weight excluding hydrogens is 210 g/mol. The van der Waals surface area contributed by atoms with Crippen molar-refractivity contribution in [3.63, 3.8) is 0 Å². The number of phenols is 1. The van der Waals surface area contributed by atoms with Gasteiger partial charge in [-0.15, -0.1) is 0 Å². The molecule has 15 heavy (non-hydrogen) atoms. The fourth-order valence-electron chi connectivity index (χ4n) is 1.20. The van der Waals surface area contributed by atoms with Gasteiger partial charge in [-0.1, -0.05) is 25.4 Å². The van der Waals surface area contributed by atoms with Crippen molar-refractivity contribution in [3.8, 4) is 5.75 Å². The van der Waals surface area contributed by atoms with E-state index in [2.05, 4.69) is 26.1 Å². The maximum Gasteiger partial charge on any atom is 0.120 e. The van der Waals surface area contributed by atoms with Crippen LogP contribution in [0.25, 0.3) is 0 Å². The highest BCUT2D eigenvalue weighted by Gasteiger charge is 2.07. The zero-order chi connectivity index (χ0) is 11.4. The molecule has 0 unspecified atom stereocenters. The quantitative estimate of drug-likeness (QED) is 0.828. The average molecular weight is 228 g/mol. The third-order valence-electron chi connectivity index (χ3n) is 2.66. The van der Waals surface area contributed by atoms with Gasteiger partial charge < -0.3 is 10.4 Å². The van der Waals surface area contributed by atoms with Crippen LogP contribution < -0.4 is 5.32 Å². The maximum atomic E-state index is 9.59. The molecule has 0 heterocycles. The number of aromatic hydroxyl groups is 1. The van der Waals surface area contributed by atoms with E-state index in [0.717, 1.165) is 5.56 Å². The van der Waals surface area contributed by atoms with Crippen molar-refractivity contribution in [1.29, 1.82) is 0 Å². The van der Waals surface area contributed by atoms with Crippen molar-refractivity contribution >= 4 is 11.6 Å². The standard InChI is InChI=1S/C12H18ClNO/c1-8(2)9(3)14-7-10-6-11(13)4-5-12(10)15/h4-6,8-9,14-15H,7H2,1-3H3/t9-/m0/s1. The van der Waals surface area contributed by atoms with Crippen LogP contribution in [-0.4, -0.2) is 11.1 Å². The van der Waals surface area contributed by atoms with Gasteiger partial charge in [0.1, 0.15) is 5.75 Å². The number of halogens is 1. The Morgan fingerprint density at radius 2 is 2.00 bits per heavy atom. The smallest absolute Gasteiger partial charge is 0.120 e. The number of benzene rings is 1. The van der Waals surface area contributed by atoms with E-state index >= 15 is 0 Å². The predicted molar refractivity (Wildman–Crippen MR) is 64.3 cm³/mol. The predicted octanol–water partition coefficient (Wildman–Crippen LogP) is 3.18. The second-order valence-corrected chi connectivity index (χ2v) is 4.62. The topological polar surface area (TPSA) is 32.3 Å². The molecule has 0 aliphatic carbocycles. The van der Waals surface area contributed by atoms with Crippen molar-refractivity contribution in [2.75, 3.05) is 0 Å². The average Bonchev–Trinajstić information content (AvgIpc) is 2.18. The second-order valence-electron chi connectivity index (χ2n) is 4.19. The van der Waals surface area contributed by atoms with Gasteiger partial charge in [0.05, 0.1) is 0 Å². The van der Waals surface area contributed by atoms with Crippen molar-refractivity contribution < 1.29 is 5.11 Å². The van der Waals surface area contributed by atoms with E-state index in [-0.39, 0.29) is 0 Å². The minimum atomic E-state index is 0.294. The lowest BCUT2D eigenvalue weighted by molar-refractivity contribution is 0.415. The van der Waals surface area contributed by atoms with Gasteiger partial charge in [-0.2, -0.15) is 0 Å². The molecule has 0 saturated carbocycles. The molecule has 3 heteroatoms. The summed E-state index contributed by atoms with van der Waals surface area (Å²) in [6.07, 6.45) is 0. The Morgan fingerprint density at radius 3 is 2.60 bits per heavy atom. The number of hydrogen-bond donors (Lipinski definition) is 2. The molecule has 1 atom stereocenters. The van der Waals surface area contributed by atoms with Gasteiger partial charge in [0.15, 0.2) is 0 Å². The monoisotopic (exact) mass is 227 g/mol. The Balaban J connectivity index is 2.61. The molecule has 84 valence electrons. The van der Waals surface area contributed by atoms with Crippen LogP contribution in [0.4, 0.5) is 0 Å². The third-order valence-corrected chi connectivity index (χ3v) is 2.89. The normalized spacial score (nSPS) is 13.1. The summed E-state index contributed by atoms with van der Waals surface area (Å²) in [7, 11) is 0. The summed E-state index contributed by atoms with van der Waals surface area (Å²) in [6, 6.07) is 5.52. The molecular formula is C12H18ClNO. The minimum absolute atomic E-state index is 0.294. The number of rotatable bonds is 4. The molecule has 2 nitrogen and oxygen atoms in total. The van der Waals surface area contributed by atoms with E-state index in [1.807, 2.05) is 0 Å². The number of hydrogen-bond acceptors (Lipinski definition) is 2. The van der Waals surface area contributed by atoms with E-state index in [0.29, 0.717) is 29.3 Å². The SMILES string of the molecule is CC(C)[C@H](C)NCc1cc(Cl)ccc1O. The first-order chi connectivity index (χ1) is 7.00.